The van der Waals surface area contributed by atoms with Gasteiger partial charge >= 0.3 is 0 Å². The lowest BCUT2D eigenvalue weighted by atomic mass is 9.96. The molecule has 0 N–H and O–H groups in total. The van der Waals surface area contributed by atoms with E-state index in [1.807, 2.05) is 43.3 Å². The van der Waals surface area contributed by atoms with Crippen LogP contribution in [0.4, 0.5) is 0 Å². The maximum absolute atomic E-state index is 12.2. The zero-order valence-corrected chi connectivity index (χ0v) is 17.1. The minimum Gasteiger partial charge on any atom is -0.468 e. The zero-order valence-electron chi connectivity index (χ0n) is 15.5. The van der Waals surface area contributed by atoms with Gasteiger partial charge in [-0.2, -0.15) is 0 Å². The van der Waals surface area contributed by atoms with Crippen LogP contribution in [-0.2, 0) is 30.8 Å². The number of furan rings is 1. The van der Waals surface area contributed by atoms with E-state index < -0.39 is 0 Å². The minimum atomic E-state index is 0. The molecular weight excluding hydrogens is 373 g/mol. The van der Waals surface area contributed by atoms with Crippen LogP contribution in [0.3, 0.4) is 0 Å². The predicted octanol–water partition coefficient (Wildman–Crippen LogP) is 3.69. The molecule has 26 heavy (non-hydrogen) atoms. The van der Waals surface area contributed by atoms with Gasteiger partial charge in [-0.25, -0.2) is 0 Å². The highest BCUT2D eigenvalue weighted by Gasteiger charge is 2.24. The minimum absolute atomic E-state index is 0. The van der Waals surface area contributed by atoms with Gasteiger partial charge in [0.05, 0.1) is 12.8 Å². The summed E-state index contributed by atoms with van der Waals surface area (Å²) < 4.78 is 5.42. The van der Waals surface area contributed by atoms with Gasteiger partial charge in [0, 0.05) is 37.9 Å². The summed E-state index contributed by atoms with van der Waals surface area (Å²) in [5, 5.41) is 0. The molecule has 0 aliphatic carbocycles. The number of pyridine rings is 1. The van der Waals surface area contributed by atoms with Crippen molar-refractivity contribution >= 4 is 30.7 Å². The number of amides is 1. The van der Waals surface area contributed by atoms with Gasteiger partial charge in [0.2, 0.25) is 5.91 Å². The maximum atomic E-state index is 12.2. The van der Waals surface area contributed by atoms with Crippen LogP contribution in [0.1, 0.15) is 36.3 Å². The van der Waals surface area contributed by atoms with E-state index in [-0.39, 0.29) is 36.6 Å². The molecule has 144 valence electrons. The average molecular weight is 400 g/mol. The third-order valence-electron chi connectivity index (χ3n) is 4.48. The van der Waals surface area contributed by atoms with Gasteiger partial charge in [-0.05, 0) is 42.3 Å². The van der Waals surface area contributed by atoms with E-state index in [0.717, 1.165) is 31.8 Å². The fourth-order valence-corrected chi connectivity index (χ4v) is 3.27. The lowest BCUT2D eigenvalue weighted by Gasteiger charge is -2.31. The lowest BCUT2D eigenvalue weighted by molar-refractivity contribution is -0.135. The Morgan fingerprint density at radius 3 is 2.73 bits per heavy atom. The van der Waals surface area contributed by atoms with Gasteiger partial charge in [-0.3, -0.25) is 14.7 Å². The Morgan fingerprint density at radius 1 is 1.31 bits per heavy atom. The van der Waals surface area contributed by atoms with Gasteiger partial charge in [0.1, 0.15) is 5.76 Å². The Balaban J connectivity index is 0.00000169. The molecule has 1 amide bonds. The molecule has 5 nitrogen and oxygen atoms in total. The standard InChI is InChI=1S/C19H25N3O2.2ClH/c1-14(2)19(23)22-7-6-18-15(9-20-10-16(18)12-22)11-21(3)13-17-5-4-8-24-17;;/h4-5,8-10,14H,6-7,11-13H2,1-3H3;2*1H. The van der Waals surface area contributed by atoms with Gasteiger partial charge < -0.3 is 9.32 Å². The van der Waals surface area contributed by atoms with Gasteiger partial charge in [0.15, 0.2) is 0 Å². The summed E-state index contributed by atoms with van der Waals surface area (Å²) in [6.45, 7) is 6.98. The highest BCUT2D eigenvalue weighted by atomic mass is 35.5. The fraction of sp³-hybridized carbons (Fsp3) is 0.474. The first kappa shape index (κ1) is 22.5. The van der Waals surface area contributed by atoms with Crippen molar-refractivity contribution in [3.8, 4) is 0 Å². The molecule has 0 saturated heterocycles. The van der Waals surface area contributed by atoms with Crippen molar-refractivity contribution in [2.75, 3.05) is 13.6 Å². The Labute approximate surface area is 167 Å². The highest BCUT2D eigenvalue weighted by Crippen LogP contribution is 2.24. The van der Waals surface area contributed by atoms with E-state index in [1.165, 1.54) is 16.7 Å². The molecule has 0 spiro atoms. The summed E-state index contributed by atoms with van der Waals surface area (Å²) in [5.41, 5.74) is 3.78. The van der Waals surface area contributed by atoms with E-state index >= 15 is 0 Å². The van der Waals surface area contributed by atoms with Crippen LogP contribution in [0.5, 0.6) is 0 Å². The van der Waals surface area contributed by atoms with Crippen LogP contribution >= 0.6 is 24.8 Å². The topological polar surface area (TPSA) is 49.6 Å². The third-order valence-corrected chi connectivity index (χ3v) is 4.48. The summed E-state index contributed by atoms with van der Waals surface area (Å²) in [7, 11) is 2.08. The van der Waals surface area contributed by atoms with Crippen molar-refractivity contribution in [1.29, 1.82) is 0 Å². The Kier molecular flexibility index (Phi) is 8.60. The molecule has 0 atom stereocenters. The normalized spacial score (nSPS) is 13.2. The smallest absolute Gasteiger partial charge is 0.225 e. The Bertz CT molecular complexity index is 705. The van der Waals surface area contributed by atoms with Crippen molar-refractivity contribution in [3.63, 3.8) is 0 Å². The van der Waals surface area contributed by atoms with E-state index in [2.05, 4.69) is 16.9 Å². The summed E-state index contributed by atoms with van der Waals surface area (Å²) in [6, 6.07) is 3.90. The number of carbonyl (C=O) groups is 1. The number of halogens is 2. The Hall–Kier alpha value is -1.56. The summed E-state index contributed by atoms with van der Waals surface area (Å²) in [5.74, 6) is 1.23. The number of rotatable bonds is 5. The molecule has 0 unspecified atom stereocenters. The molecule has 0 aromatic carbocycles. The molecule has 0 radical (unpaired) electrons. The number of nitrogens with zero attached hydrogens (tertiary/aromatic N) is 3. The zero-order chi connectivity index (χ0) is 17.1. The van der Waals surface area contributed by atoms with Crippen molar-refractivity contribution in [2.45, 2.75) is 39.9 Å². The highest BCUT2D eigenvalue weighted by molar-refractivity contribution is 5.85. The molecule has 1 aliphatic heterocycles. The van der Waals surface area contributed by atoms with Crippen molar-refractivity contribution in [1.82, 2.24) is 14.8 Å². The Morgan fingerprint density at radius 2 is 2.08 bits per heavy atom. The van der Waals surface area contributed by atoms with E-state index in [1.54, 1.807) is 6.26 Å². The van der Waals surface area contributed by atoms with Gasteiger partial charge in [0.25, 0.3) is 0 Å². The third kappa shape index (κ3) is 5.22. The first-order valence-electron chi connectivity index (χ1n) is 8.49. The van der Waals surface area contributed by atoms with Gasteiger partial charge in [-0.15, -0.1) is 24.8 Å². The van der Waals surface area contributed by atoms with Crippen molar-refractivity contribution < 1.29 is 9.21 Å². The molecule has 3 rings (SSSR count). The molecule has 0 fully saturated rings. The number of fused-ring (bicyclic) bond motifs is 1. The maximum Gasteiger partial charge on any atom is 0.225 e. The van der Waals surface area contributed by atoms with Crippen LogP contribution in [0.2, 0.25) is 0 Å². The monoisotopic (exact) mass is 399 g/mol. The van der Waals surface area contributed by atoms with Gasteiger partial charge in [-0.1, -0.05) is 13.8 Å². The van der Waals surface area contributed by atoms with E-state index in [4.69, 9.17) is 4.42 Å². The number of aromatic nitrogens is 1. The first-order chi connectivity index (χ1) is 11.5. The molecule has 7 heteroatoms. The molecule has 2 aromatic heterocycles. The second-order valence-corrected chi connectivity index (χ2v) is 6.85. The second-order valence-electron chi connectivity index (χ2n) is 6.85. The molecule has 3 heterocycles. The quantitative estimate of drug-likeness (QED) is 0.768. The molecule has 0 bridgehead atoms. The van der Waals surface area contributed by atoms with E-state index in [0.29, 0.717) is 6.54 Å². The second kappa shape index (κ2) is 9.95. The van der Waals surface area contributed by atoms with Crippen LogP contribution in [0.15, 0.2) is 35.2 Å². The number of hydrogen-bond donors (Lipinski definition) is 0. The summed E-state index contributed by atoms with van der Waals surface area (Å²) in [4.78, 5) is 20.8. The van der Waals surface area contributed by atoms with Crippen LogP contribution < -0.4 is 0 Å². The largest absolute Gasteiger partial charge is 0.468 e. The molecule has 2 aromatic rings. The van der Waals surface area contributed by atoms with Crippen LogP contribution in [0.25, 0.3) is 0 Å². The molecule has 0 saturated carbocycles. The lowest BCUT2D eigenvalue weighted by Crippen LogP contribution is -2.39. The first-order valence-corrected chi connectivity index (χ1v) is 8.49. The number of carbonyl (C=O) groups excluding carboxylic acids is 1. The van der Waals surface area contributed by atoms with Crippen LogP contribution in [0, 0.1) is 5.92 Å². The van der Waals surface area contributed by atoms with Crippen molar-refractivity contribution in [3.05, 3.63) is 53.2 Å². The predicted molar refractivity (Wildman–Crippen MR) is 107 cm³/mol. The SMILES string of the molecule is CC(C)C(=O)N1CCc2c(CN(C)Cc3ccco3)cncc2C1.Cl.Cl. The van der Waals surface area contributed by atoms with E-state index in [9.17, 15) is 4.79 Å². The van der Waals surface area contributed by atoms with Crippen molar-refractivity contribution in [2.24, 2.45) is 5.92 Å². The fourth-order valence-electron chi connectivity index (χ4n) is 3.27. The van der Waals surface area contributed by atoms with Crippen LogP contribution in [-0.4, -0.2) is 34.3 Å². The molecular formula is C19H27Cl2N3O2. The average Bonchev–Trinajstić information content (AvgIpc) is 3.06. The summed E-state index contributed by atoms with van der Waals surface area (Å²) in [6.07, 6.45) is 6.47. The molecule has 1 aliphatic rings. The summed E-state index contributed by atoms with van der Waals surface area (Å²) >= 11 is 0. The number of hydrogen-bond acceptors (Lipinski definition) is 4.